The average molecular weight is 329 g/mol. The van der Waals surface area contributed by atoms with Crippen LogP contribution in [0.1, 0.15) is 32.6 Å². The fourth-order valence-electron chi connectivity index (χ4n) is 3.46. The van der Waals surface area contributed by atoms with Crippen LogP contribution in [0.2, 0.25) is 0 Å². The molecule has 6 nitrogen and oxygen atoms in total. The van der Waals surface area contributed by atoms with Gasteiger partial charge in [0.15, 0.2) is 0 Å². The number of fused-ring (bicyclic) bond motifs is 1. The molecule has 128 valence electrons. The lowest BCUT2D eigenvalue weighted by Crippen LogP contribution is -2.30. The normalized spacial score (nSPS) is 20.8. The van der Waals surface area contributed by atoms with Gasteiger partial charge in [-0.15, -0.1) is 0 Å². The smallest absolute Gasteiger partial charge is 0.308 e. The van der Waals surface area contributed by atoms with Crippen molar-refractivity contribution in [2.75, 3.05) is 12.4 Å². The van der Waals surface area contributed by atoms with Crippen molar-refractivity contribution < 1.29 is 14.3 Å². The Balaban J connectivity index is 1.69. The predicted octanol–water partition coefficient (Wildman–Crippen LogP) is 2.97. The Hall–Kier alpha value is -2.37. The first-order valence-electron chi connectivity index (χ1n) is 8.48. The molecule has 0 saturated heterocycles. The van der Waals surface area contributed by atoms with Gasteiger partial charge in [-0.05, 0) is 44.7 Å². The molecule has 1 aliphatic carbocycles. The van der Waals surface area contributed by atoms with E-state index in [-0.39, 0.29) is 23.7 Å². The summed E-state index contributed by atoms with van der Waals surface area (Å²) in [6.45, 7) is 2.77. The van der Waals surface area contributed by atoms with Gasteiger partial charge in [0.05, 0.1) is 24.1 Å². The number of anilines is 1. The summed E-state index contributed by atoms with van der Waals surface area (Å²) in [5.41, 5.74) is 1.90. The molecule has 1 N–H and O–H groups in total. The summed E-state index contributed by atoms with van der Waals surface area (Å²) >= 11 is 0. The third-order valence-corrected chi connectivity index (χ3v) is 4.84. The summed E-state index contributed by atoms with van der Waals surface area (Å²) in [6, 6.07) is 7.85. The second-order valence-corrected chi connectivity index (χ2v) is 6.23. The van der Waals surface area contributed by atoms with Crippen LogP contribution in [0.5, 0.6) is 0 Å². The quantitative estimate of drug-likeness (QED) is 0.875. The summed E-state index contributed by atoms with van der Waals surface area (Å²) in [5.74, 6) is 0.277. The topological polar surface area (TPSA) is 73.2 Å². The van der Waals surface area contributed by atoms with Gasteiger partial charge < -0.3 is 9.30 Å². The van der Waals surface area contributed by atoms with Crippen molar-refractivity contribution >= 4 is 28.9 Å². The van der Waals surface area contributed by atoms with Crippen molar-refractivity contribution in [3.63, 3.8) is 0 Å². The summed E-state index contributed by atoms with van der Waals surface area (Å²) < 4.78 is 6.80. The molecule has 6 heteroatoms. The number of para-hydroxylation sites is 2. The maximum Gasteiger partial charge on any atom is 0.308 e. The van der Waals surface area contributed by atoms with Crippen molar-refractivity contribution in [2.24, 2.45) is 11.8 Å². The second-order valence-electron chi connectivity index (χ2n) is 6.23. The average Bonchev–Trinajstić information content (AvgIpc) is 2.98. The van der Waals surface area contributed by atoms with E-state index in [4.69, 9.17) is 4.74 Å². The van der Waals surface area contributed by atoms with Gasteiger partial charge >= 0.3 is 5.97 Å². The number of esters is 1. The number of rotatable bonds is 4. The van der Waals surface area contributed by atoms with Crippen LogP contribution in [0, 0.1) is 11.8 Å². The molecule has 0 atom stereocenters. The van der Waals surface area contributed by atoms with E-state index >= 15 is 0 Å². The van der Waals surface area contributed by atoms with Crippen LogP contribution < -0.4 is 5.32 Å². The number of nitrogens with zero attached hydrogens (tertiary/aromatic N) is 2. The number of carbonyl (C=O) groups is 2. The minimum Gasteiger partial charge on any atom is -0.469 e. The minimum atomic E-state index is -0.165. The maximum absolute atomic E-state index is 12.6. The van der Waals surface area contributed by atoms with Gasteiger partial charge in [0.2, 0.25) is 11.9 Å². The molecule has 0 spiro atoms. The highest BCUT2D eigenvalue weighted by Crippen LogP contribution is 2.30. The van der Waals surface area contributed by atoms with Gasteiger partial charge in [-0.1, -0.05) is 12.1 Å². The molecule has 1 fully saturated rings. The van der Waals surface area contributed by atoms with Crippen LogP contribution in [-0.2, 0) is 20.9 Å². The summed E-state index contributed by atoms with van der Waals surface area (Å²) in [4.78, 5) is 28.7. The van der Waals surface area contributed by atoms with Crippen LogP contribution in [-0.4, -0.2) is 28.5 Å². The van der Waals surface area contributed by atoms with Crippen molar-refractivity contribution in [1.82, 2.24) is 9.55 Å². The standard InChI is InChI=1S/C18H23N3O3/c1-3-21-15-7-5-4-6-14(15)19-18(21)20-16(22)12-8-10-13(11-9-12)17(23)24-2/h4-7,12-13H,3,8-11H2,1-2H3,(H,19,20,22). The number of carbonyl (C=O) groups excluding carboxylic acids is 2. The molecule has 3 rings (SSSR count). The Morgan fingerprint density at radius 2 is 1.88 bits per heavy atom. The van der Waals surface area contributed by atoms with Gasteiger partial charge in [-0.2, -0.15) is 0 Å². The van der Waals surface area contributed by atoms with E-state index in [0.717, 1.165) is 17.6 Å². The number of aryl methyl sites for hydroxylation is 1. The molecule has 1 saturated carbocycles. The Morgan fingerprint density at radius 1 is 1.21 bits per heavy atom. The highest BCUT2D eigenvalue weighted by molar-refractivity contribution is 5.93. The number of hydrogen-bond donors (Lipinski definition) is 1. The maximum atomic E-state index is 12.6. The van der Waals surface area contributed by atoms with Crippen LogP contribution in [0.15, 0.2) is 24.3 Å². The number of aromatic nitrogens is 2. The predicted molar refractivity (Wildman–Crippen MR) is 91.5 cm³/mol. The molecule has 1 aromatic carbocycles. The zero-order valence-corrected chi connectivity index (χ0v) is 14.1. The Labute approximate surface area is 141 Å². The summed E-state index contributed by atoms with van der Waals surface area (Å²) in [6.07, 6.45) is 2.82. The third kappa shape index (κ3) is 3.13. The van der Waals surface area contributed by atoms with Crippen molar-refractivity contribution in [3.05, 3.63) is 24.3 Å². The highest BCUT2D eigenvalue weighted by Gasteiger charge is 2.31. The highest BCUT2D eigenvalue weighted by atomic mass is 16.5. The zero-order valence-electron chi connectivity index (χ0n) is 14.1. The zero-order chi connectivity index (χ0) is 17.1. The Bertz CT molecular complexity index is 745. The van der Waals surface area contributed by atoms with Gasteiger partial charge in [-0.3, -0.25) is 14.9 Å². The number of benzene rings is 1. The van der Waals surface area contributed by atoms with Crippen LogP contribution >= 0.6 is 0 Å². The van der Waals surface area contributed by atoms with Gasteiger partial charge in [-0.25, -0.2) is 4.98 Å². The molecule has 0 aliphatic heterocycles. The fraction of sp³-hybridized carbons (Fsp3) is 0.500. The van der Waals surface area contributed by atoms with E-state index in [1.807, 2.05) is 35.8 Å². The van der Waals surface area contributed by atoms with Gasteiger partial charge in [0.1, 0.15) is 0 Å². The van der Waals surface area contributed by atoms with Crippen molar-refractivity contribution in [3.8, 4) is 0 Å². The van der Waals surface area contributed by atoms with Crippen molar-refractivity contribution in [2.45, 2.75) is 39.2 Å². The van der Waals surface area contributed by atoms with E-state index < -0.39 is 0 Å². The number of amides is 1. The second kappa shape index (κ2) is 7.03. The fourth-order valence-corrected chi connectivity index (χ4v) is 3.46. The largest absolute Gasteiger partial charge is 0.469 e. The lowest BCUT2D eigenvalue weighted by Gasteiger charge is -2.25. The Kier molecular flexibility index (Phi) is 4.83. The van der Waals surface area contributed by atoms with E-state index in [1.165, 1.54) is 7.11 Å². The lowest BCUT2D eigenvalue weighted by atomic mass is 9.81. The molecule has 24 heavy (non-hydrogen) atoms. The molecule has 0 unspecified atom stereocenters. The SMILES string of the molecule is CCn1c(NC(=O)C2CCC(C(=O)OC)CC2)nc2ccccc21. The molecule has 1 aromatic heterocycles. The number of hydrogen-bond acceptors (Lipinski definition) is 4. The Morgan fingerprint density at radius 3 is 2.54 bits per heavy atom. The first-order chi connectivity index (χ1) is 11.6. The molecular formula is C18H23N3O3. The van der Waals surface area contributed by atoms with Gasteiger partial charge in [0.25, 0.3) is 0 Å². The van der Waals surface area contributed by atoms with Crippen LogP contribution in [0.25, 0.3) is 11.0 Å². The number of nitrogens with one attached hydrogen (secondary N) is 1. The molecule has 1 amide bonds. The number of imidazole rings is 1. The van der Waals surface area contributed by atoms with Crippen LogP contribution in [0.4, 0.5) is 5.95 Å². The third-order valence-electron chi connectivity index (χ3n) is 4.84. The van der Waals surface area contributed by atoms with E-state index in [2.05, 4.69) is 10.3 Å². The van der Waals surface area contributed by atoms with Crippen molar-refractivity contribution in [1.29, 1.82) is 0 Å². The molecular weight excluding hydrogens is 306 g/mol. The first-order valence-corrected chi connectivity index (χ1v) is 8.48. The molecule has 0 radical (unpaired) electrons. The number of methoxy groups -OCH3 is 1. The summed E-state index contributed by atoms with van der Waals surface area (Å²) in [5, 5.41) is 2.98. The van der Waals surface area contributed by atoms with Crippen LogP contribution in [0.3, 0.4) is 0 Å². The lowest BCUT2D eigenvalue weighted by molar-refractivity contribution is -0.147. The molecule has 2 aromatic rings. The van der Waals surface area contributed by atoms with Gasteiger partial charge in [0, 0.05) is 12.5 Å². The number of ether oxygens (including phenoxy) is 1. The van der Waals surface area contributed by atoms with E-state index in [1.54, 1.807) is 0 Å². The minimum absolute atomic E-state index is 0.0108. The first kappa shape index (κ1) is 16.5. The van der Waals surface area contributed by atoms with E-state index in [9.17, 15) is 9.59 Å². The monoisotopic (exact) mass is 329 g/mol. The molecule has 1 heterocycles. The molecule has 0 bridgehead atoms. The van der Waals surface area contributed by atoms with E-state index in [0.29, 0.717) is 31.6 Å². The molecule has 1 aliphatic rings. The summed E-state index contributed by atoms with van der Waals surface area (Å²) in [7, 11) is 1.41.